The molecule has 2 aromatic carbocycles. The lowest BCUT2D eigenvalue weighted by Gasteiger charge is -2.22. The molecule has 5 N–H and O–H groups in total. The summed E-state index contributed by atoms with van der Waals surface area (Å²) in [5, 5.41) is 14.2. The van der Waals surface area contributed by atoms with Gasteiger partial charge in [-0.1, -0.05) is 0 Å². The van der Waals surface area contributed by atoms with Crippen molar-refractivity contribution in [2.24, 2.45) is 0 Å². The number of aromatic nitrogens is 3. The Morgan fingerprint density at radius 2 is 1.88 bits per heavy atom. The van der Waals surface area contributed by atoms with Crippen LogP contribution in [-0.2, 0) is 6.42 Å². The van der Waals surface area contributed by atoms with E-state index in [0.29, 0.717) is 18.0 Å². The van der Waals surface area contributed by atoms with E-state index in [1.165, 1.54) is 0 Å². The third kappa shape index (κ3) is 3.46. The Hall–Kier alpha value is -3.98. The summed E-state index contributed by atoms with van der Waals surface area (Å²) in [6.07, 6.45) is 0.802. The van der Waals surface area contributed by atoms with Gasteiger partial charge in [-0.05, 0) is 55.0 Å². The van der Waals surface area contributed by atoms with Gasteiger partial charge in [0.1, 0.15) is 17.1 Å². The van der Waals surface area contributed by atoms with E-state index in [1.54, 1.807) is 31.4 Å². The zero-order valence-electron chi connectivity index (χ0n) is 18.3. The van der Waals surface area contributed by atoms with Crippen LogP contribution in [0.5, 0.6) is 17.4 Å². The zero-order valence-corrected chi connectivity index (χ0v) is 18.3. The zero-order chi connectivity index (χ0) is 23.1. The Morgan fingerprint density at radius 1 is 1.12 bits per heavy atom. The van der Waals surface area contributed by atoms with E-state index in [2.05, 4.69) is 9.97 Å². The summed E-state index contributed by atoms with van der Waals surface area (Å²) in [6.45, 7) is 3.12. The molecule has 2 aromatic heterocycles. The lowest BCUT2D eigenvalue weighted by molar-refractivity contribution is -0.690. The Bertz CT molecular complexity index is 1450. The molecule has 4 aromatic rings. The van der Waals surface area contributed by atoms with Gasteiger partial charge in [-0.15, -0.1) is 0 Å². The molecule has 1 atom stereocenters. The Labute approximate surface area is 188 Å². The number of benzene rings is 2. The van der Waals surface area contributed by atoms with Crippen molar-refractivity contribution in [1.29, 1.82) is 0 Å². The minimum absolute atomic E-state index is 0.128. The van der Waals surface area contributed by atoms with Gasteiger partial charge in [0.25, 0.3) is 5.56 Å². The van der Waals surface area contributed by atoms with Gasteiger partial charge in [-0.2, -0.15) is 0 Å². The molecular weight excluding hydrogens is 424 g/mol. The number of quaternary nitrogens is 1. The van der Waals surface area contributed by atoms with Crippen molar-refractivity contribution in [2.45, 2.75) is 19.4 Å². The van der Waals surface area contributed by atoms with E-state index in [4.69, 9.17) is 9.47 Å². The fourth-order valence-corrected chi connectivity index (χ4v) is 4.60. The number of methoxy groups -OCH3 is 1. The second kappa shape index (κ2) is 8.18. The number of aromatic hydroxyl groups is 1. The van der Waals surface area contributed by atoms with Crippen molar-refractivity contribution in [3.05, 3.63) is 80.1 Å². The first-order chi connectivity index (χ1) is 16.0. The SMILES string of the molecule is CCOc1ccc(-n2c(O)c([C@@H]3[NH2+]CCc4c3[nH]c3ccc(OC)cc43)c(=O)[nH]c2=O)cc1. The summed E-state index contributed by atoms with van der Waals surface area (Å²) in [5.41, 5.74) is 2.08. The van der Waals surface area contributed by atoms with Crippen LogP contribution in [0.15, 0.2) is 52.1 Å². The summed E-state index contributed by atoms with van der Waals surface area (Å²) in [7, 11) is 1.62. The third-order valence-electron chi connectivity index (χ3n) is 6.09. The van der Waals surface area contributed by atoms with Crippen LogP contribution < -0.4 is 26.0 Å². The Balaban J connectivity index is 1.66. The number of H-pyrrole nitrogens is 2. The number of hydrogen-bond acceptors (Lipinski definition) is 5. The minimum Gasteiger partial charge on any atom is -0.497 e. The number of nitrogens with one attached hydrogen (secondary N) is 2. The molecule has 0 amide bonds. The molecular formula is C24H25N4O5+. The Kier molecular flexibility index (Phi) is 5.18. The van der Waals surface area contributed by atoms with Crippen LogP contribution in [0, 0.1) is 0 Å². The maximum absolute atomic E-state index is 12.9. The van der Waals surface area contributed by atoms with Crippen molar-refractivity contribution in [3.63, 3.8) is 0 Å². The van der Waals surface area contributed by atoms with Crippen molar-refractivity contribution >= 4 is 10.9 Å². The van der Waals surface area contributed by atoms with Gasteiger partial charge < -0.3 is 24.9 Å². The molecule has 5 rings (SSSR count). The lowest BCUT2D eigenvalue weighted by Crippen LogP contribution is -2.87. The number of nitrogens with zero attached hydrogens (tertiary/aromatic N) is 1. The molecule has 0 aliphatic carbocycles. The van der Waals surface area contributed by atoms with Gasteiger partial charge in [0.2, 0.25) is 5.88 Å². The monoisotopic (exact) mass is 449 g/mol. The summed E-state index contributed by atoms with van der Waals surface area (Å²) in [4.78, 5) is 31.3. The van der Waals surface area contributed by atoms with Gasteiger partial charge >= 0.3 is 5.69 Å². The molecule has 0 saturated heterocycles. The summed E-state index contributed by atoms with van der Waals surface area (Å²) in [5.74, 6) is 1.02. The molecule has 0 unspecified atom stereocenters. The molecule has 1 aliphatic rings. The fraction of sp³-hybridized carbons (Fsp3) is 0.250. The number of fused-ring (bicyclic) bond motifs is 3. The number of rotatable bonds is 5. The van der Waals surface area contributed by atoms with E-state index in [0.717, 1.165) is 45.4 Å². The highest BCUT2D eigenvalue weighted by Gasteiger charge is 2.34. The van der Waals surface area contributed by atoms with E-state index in [9.17, 15) is 14.7 Å². The molecule has 0 bridgehead atoms. The minimum atomic E-state index is -0.706. The van der Waals surface area contributed by atoms with Crippen molar-refractivity contribution < 1.29 is 19.9 Å². The van der Waals surface area contributed by atoms with Gasteiger partial charge in [-0.3, -0.25) is 9.78 Å². The van der Waals surface area contributed by atoms with Crippen LogP contribution >= 0.6 is 0 Å². The van der Waals surface area contributed by atoms with Crippen LogP contribution in [0.3, 0.4) is 0 Å². The predicted octanol–water partition coefficient (Wildman–Crippen LogP) is 1.33. The highest BCUT2D eigenvalue weighted by Crippen LogP contribution is 2.34. The number of hydrogen-bond donors (Lipinski definition) is 4. The summed E-state index contributed by atoms with van der Waals surface area (Å²) in [6, 6.07) is 12.0. The molecule has 0 spiro atoms. The fourth-order valence-electron chi connectivity index (χ4n) is 4.60. The standard InChI is InChI=1S/C24H24N4O5/c1-3-33-14-6-4-13(5-7-14)28-23(30)19(22(29)27-24(28)31)21-20-16(10-11-25-21)17-12-15(32-2)8-9-18(17)26-20/h4-9,12,21,25-26,30H,3,10-11H2,1-2H3,(H,27,29,31)/p+1/t21-/m0/s1. The quantitative estimate of drug-likeness (QED) is 0.366. The highest BCUT2D eigenvalue weighted by molar-refractivity contribution is 5.86. The van der Waals surface area contributed by atoms with E-state index in [-0.39, 0.29) is 11.4 Å². The summed E-state index contributed by atoms with van der Waals surface area (Å²) >= 11 is 0. The van der Waals surface area contributed by atoms with Crippen molar-refractivity contribution in [1.82, 2.24) is 14.5 Å². The second-order valence-electron chi connectivity index (χ2n) is 7.94. The number of nitrogens with two attached hydrogens (primary N) is 1. The molecule has 0 radical (unpaired) electrons. The Morgan fingerprint density at radius 3 is 2.61 bits per heavy atom. The second-order valence-corrected chi connectivity index (χ2v) is 7.94. The summed E-state index contributed by atoms with van der Waals surface area (Å²) < 4.78 is 11.9. The van der Waals surface area contributed by atoms with E-state index in [1.807, 2.05) is 30.4 Å². The molecule has 9 nitrogen and oxygen atoms in total. The third-order valence-corrected chi connectivity index (χ3v) is 6.09. The van der Waals surface area contributed by atoms with E-state index >= 15 is 0 Å². The first kappa shape index (κ1) is 20.9. The van der Waals surface area contributed by atoms with Crippen LogP contribution in [0.2, 0.25) is 0 Å². The first-order valence-corrected chi connectivity index (χ1v) is 10.8. The van der Waals surface area contributed by atoms with Crippen LogP contribution in [-0.4, -0.2) is 39.9 Å². The molecule has 0 saturated carbocycles. The lowest BCUT2D eigenvalue weighted by atomic mass is 9.95. The molecule has 0 fully saturated rings. The van der Waals surface area contributed by atoms with Crippen LogP contribution in [0.1, 0.15) is 29.8 Å². The van der Waals surface area contributed by atoms with Crippen molar-refractivity contribution in [2.75, 3.05) is 20.3 Å². The maximum Gasteiger partial charge on any atom is 0.335 e. The molecule has 33 heavy (non-hydrogen) atoms. The molecule has 1 aliphatic heterocycles. The predicted molar refractivity (Wildman–Crippen MR) is 123 cm³/mol. The normalized spacial score (nSPS) is 15.4. The van der Waals surface area contributed by atoms with Gasteiger partial charge in [-0.25, -0.2) is 9.36 Å². The molecule has 9 heteroatoms. The first-order valence-electron chi connectivity index (χ1n) is 10.8. The smallest absolute Gasteiger partial charge is 0.335 e. The topological polar surface area (TPSA) is 126 Å². The van der Waals surface area contributed by atoms with Crippen LogP contribution in [0.4, 0.5) is 0 Å². The number of aromatic amines is 2. The average molecular weight is 449 g/mol. The molecule has 170 valence electrons. The van der Waals surface area contributed by atoms with Gasteiger partial charge in [0, 0.05) is 17.3 Å². The van der Waals surface area contributed by atoms with Gasteiger partial charge in [0.05, 0.1) is 31.6 Å². The number of ether oxygens (including phenoxy) is 2. The van der Waals surface area contributed by atoms with Gasteiger partial charge in [0.15, 0.2) is 6.04 Å². The largest absolute Gasteiger partial charge is 0.497 e. The maximum atomic E-state index is 12.9. The van der Waals surface area contributed by atoms with Crippen LogP contribution in [0.25, 0.3) is 16.6 Å². The molecule has 3 heterocycles. The average Bonchev–Trinajstić information content (AvgIpc) is 3.19. The van der Waals surface area contributed by atoms with Crippen molar-refractivity contribution in [3.8, 4) is 23.1 Å². The van der Waals surface area contributed by atoms with E-state index < -0.39 is 17.3 Å². The highest BCUT2D eigenvalue weighted by atomic mass is 16.5.